The molecule has 0 aliphatic carbocycles. The van der Waals surface area contributed by atoms with E-state index >= 15 is 0 Å². The third-order valence-corrected chi connectivity index (χ3v) is 4.36. The standard InChI is InChI=1S/C17H17Cl2N5O/c1-2-24-17(21-22-23-24)20-10-13-5-3-4-6-16(13)25-11-12-7-8-14(18)15(19)9-12/h3-9H,2,10-11H2,1H3,(H,20,21,23). The highest BCUT2D eigenvalue weighted by atomic mass is 35.5. The Morgan fingerprint density at radius 1 is 1.12 bits per heavy atom. The van der Waals surface area contributed by atoms with E-state index in [9.17, 15) is 0 Å². The Kier molecular flexibility index (Phi) is 5.73. The molecule has 0 aliphatic heterocycles. The van der Waals surface area contributed by atoms with Crippen LogP contribution in [-0.2, 0) is 19.7 Å². The lowest BCUT2D eigenvalue weighted by Gasteiger charge is -2.13. The lowest BCUT2D eigenvalue weighted by molar-refractivity contribution is 0.303. The average molecular weight is 378 g/mol. The van der Waals surface area contributed by atoms with Gasteiger partial charge in [-0.3, -0.25) is 0 Å². The van der Waals surface area contributed by atoms with Gasteiger partial charge in [-0.25, -0.2) is 4.68 Å². The summed E-state index contributed by atoms with van der Waals surface area (Å²) in [5.74, 6) is 1.42. The molecule has 2 aromatic carbocycles. The van der Waals surface area contributed by atoms with Crippen molar-refractivity contribution in [3.05, 3.63) is 63.6 Å². The number of anilines is 1. The van der Waals surface area contributed by atoms with Crippen molar-refractivity contribution in [1.82, 2.24) is 20.2 Å². The van der Waals surface area contributed by atoms with E-state index in [4.69, 9.17) is 27.9 Å². The highest BCUT2D eigenvalue weighted by Crippen LogP contribution is 2.24. The number of benzene rings is 2. The van der Waals surface area contributed by atoms with Crippen LogP contribution in [0.5, 0.6) is 5.75 Å². The molecular formula is C17H17Cl2N5O. The number of tetrazole rings is 1. The minimum absolute atomic E-state index is 0.403. The molecular weight excluding hydrogens is 361 g/mol. The summed E-state index contributed by atoms with van der Waals surface area (Å²) in [6.45, 7) is 3.64. The van der Waals surface area contributed by atoms with Gasteiger partial charge < -0.3 is 10.1 Å². The Hall–Kier alpha value is -2.31. The molecule has 1 aromatic heterocycles. The average Bonchev–Trinajstić information content (AvgIpc) is 3.09. The first-order chi connectivity index (χ1) is 12.2. The van der Waals surface area contributed by atoms with Crippen LogP contribution in [-0.4, -0.2) is 20.2 Å². The normalized spacial score (nSPS) is 10.7. The molecule has 0 aliphatic rings. The number of nitrogens with one attached hydrogen (secondary N) is 1. The van der Waals surface area contributed by atoms with Gasteiger partial charge in [-0.15, -0.1) is 0 Å². The fourth-order valence-electron chi connectivity index (χ4n) is 2.30. The topological polar surface area (TPSA) is 64.9 Å². The van der Waals surface area contributed by atoms with E-state index in [1.165, 1.54) is 0 Å². The number of halogens is 2. The summed E-state index contributed by atoms with van der Waals surface area (Å²) in [6, 6.07) is 13.3. The van der Waals surface area contributed by atoms with E-state index in [0.29, 0.717) is 35.7 Å². The number of para-hydroxylation sites is 1. The maximum atomic E-state index is 6.04. The van der Waals surface area contributed by atoms with E-state index in [1.807, 2.05) is 37.3 Å². The van der Waals surface area contributed by atoms with Gasteiger partial charge in [0.15, 0.2) is 0 Å². The zero-order valence-corrected chi connectivity index (χ0v) is 15.1. The Bertz CT molecular complexity index is 853. The molecule has 8 heteroatoms. The van der Waals surface area contributed by atoms with Crippen molar-refractivity contribution >= 4 is 29.2 Å². The summed E-state index contributed by atoms with van der Waals surface area (Å²) in [5, 5.41) is 15.8. The number of aryl methyl sites for hydroxylation is 1. The van der Waals surface area contributed by atoms with Gasteiger partial charge in [0.05, 0.1) is 10.0 Å². The lowest BCUT2D eigenvalue weighted by atomic mass is 10.2. The zero-order chi connectivity index (χ0) is 17.6. The molecule has 0 spiro atoms. The van der Waals surface area contributed by atoms with Crippen LogP contribution in [0.25, 0.3) is 0 Å². The molecule has 1 heterocycles. The molecule has 0 amide bonds. The Morgan fingerprint density at radius 2 is 1.96 bits per heavy atom. The van der Waals surface area contributed by atoms with Gasteiger partial charge >= 0.3 is 0 Å². The molecule has 0 saturated heterocycles. The second kappa shape index (κ2) is 8.18. The smallest absolute Gasteiger partial charge is 0.243 e. The molecule has 0 radical (unpaired) electrons. The third kappa shape index (κ3) is 4.41. The predicted molar refractivity (Wildman–Crippen MR) is 98.1 cm³/mol. The maximum absolute atomic E-state index is 6.04. The first-order valence-electron chi connectivity index (χ1n) is 7.82. The molecule has 0 unspecified atom stereocenters. The van der Waals surface area contributed by atoms with Gasteiger partial charge in [-0.05, 0) is 41.1 Å². The first kappa shape index (κ1) is 17.5. The van der Waals surface area contributed by atoms with Gasteiger partial charge in [0.25, 0.3) is 0 Å². The molecule has 0 fully saturated rings. The van der Waals surface area contributed by atoms with Crippen LogP contribution < -0.4 is 10.1 Å². The van der Waals surface area contributed by atoms with Crippen LogP contribution in [0.1, 0.15) is 18.1 Å². The van der Waals surface area contributed by atoms with Gasteiger partial charge in [-0.1, -0.05) is 52.6 Å². The number of ether oxygens (including phenoxy) is 1. The molecule has 0 atom stereocenters. The molecule has 130 valence electrons. The molecule has 3 rings (SSSR count). The van der Waals surface area contributed by atoms with Gasteiger partial charge in [0.2, 0.25) is 5.95 Å². The first-order valence-corrected chi connectivity index (χ1v) is 8.57. The Balaban J connectivity index is 1.67. The van der Waals surface area contributed by atoms with Crippen molar-refractivity contribution in [2.75, 3.05) is 5.32 Å². The van der Waals surface area contributed by atoms with Crippen LogP contribution >= 0.6 is 23.2 Å². The minimum atomic E-state index is 0.403. The quantitative estimate of drug-likeness (QED) is 0.668. The Morgan fingerprint density at radius 3 is 2.76 bits per heavy atom. The molecule has 0 saturated carbocycles. The fraction of sp³-hybridized carbons (Fsp3) is 0.235. The summed E-state index contributed by atoms with van der Waals surface area (Å²) >= 11 is 12.0. The van der Waals surface area contributed by atoms with Crippen LogP contribution in [0, 0.1) is 0 Å². The maximum Gasteiger partial charge on any atom is 0.243 e. The highest BCUT2D eigenvalue weighted by Gasteiger charge is 2.08. The van der Waals surface area contributed by atoms with E-state index in [-0.39, 0.29) is 0 Å². The molecule has 0 bridgehead atoms. The SMILES string of the molecule is CCn1nnnc1NCc1ccccc1OCc1ccc(Cl)c(Cl)c1. The van der Waals surface area contributed by atoms with Crippen molar-refractivity contribution < 1.29 is 4.74 Å². The second-order valence-electron chi connectivity index (χ2n) is 5.32. The summed E-state index contributed by atoms with van der Waals surface area (Å²) in [6.07, 6.45) is 0. The molecule has 1 N–H and O–H groups in total. The highest BCUT2D eigenvalue weighted by molar-refractivity contribution is 6.42. The predicted octanol–water partition coefficient (Wildman–Crippen LogP) is 4.19. The summed E-state index contributed by atoms with van der Waals surface area (Å²) < 4.78 is 7.64. The number of hydrogen-bond acceptors (Lipinski definition) is 5. The summed E-state index contributed by atoms with van der Waals surface area (Å²) in [4.78, 5) is 0. The van der Waals surface area contributed by atoms with Crippen LogP contribution in [0.3, 0.4) is 0 Å². The summed E-state index contributed by atoms with van der Waals surface area (Å²) in [7, 11) is 0. The monoisotopic (exact) mass is 377 g/mol. The third-order valence-electron chi connectivity index (χ3n) is 3.62. The van der Waals surface area contributed by atoms with E-state index in [2.05, 4.69) is 20.8 Å². The Labute approximate surface area is 155 Å². The fourth-order valence-corrected chi connectivity index (χ4v) is 2.62. The van der Waals surface area contributed by atoms with Crippen LogP contribution in [0.4, 0.5) is 5.95 Å². The van der Waals surface area contributed by atoms with Gasteiger partial charge in [0, 0.05) is 18.7 Å². The number of rotatable bonds is 7. The van der Waals surface area contributed by atoms with E-state index < -0.39 is 0 Å². The van der Waals surface area contributed by atoms with Crippen molar-refractivity contribution in [1.29, 1.82) is 0 Å². The second-order valence-corrected chi connectivity index (χ2v) is 6.13. The van der Waals surface area contributed by atoms with Gasteiger partial charge in [-0.2, -0.15) is 0 Å². The molecule has 25 heavy (non-hydrogen) atoms. The van der Waals surface area contributed by atoms with Crippen molar-refractivity contribution in [3.8, 4) is 5.75 Å². The van der Waals surface area contributed by atoms with E-state index in [1.54, 1.807) is 16.8 Å². The number of hydrogen-bond donors (Lipinski definition) is 1. The summed E-state index contributed by atoms with van der Waals surface area (Å²) in [5.41, 5.74) is 1.96. The van der Waals surface area contributed by atoms with Crippen LogP contribution in [0.15, 0.2) is 42.5 Å². The van der Waals surface area contributed by atoms with E-state index in [0.717, 1.165) is 16.9 Å². The van der Waals surface area contributed by atoms with Crippen molar-refractivity contribution in [2.45, 2.75) is 26.6 Å². The van der Waals surface area contributed by atoms with Crippen molar-refractivity contribution in [2.24, 2.45) is 0 Å². The van der Waals surface area contributed by atoms with Crippen molar-refractivity contribution in [3.63, 3.8) is 0 Å². The van der Waals surface area contributed by atoms with Crippen LogP contribution in [0.2, 0.25) is 10.0 Å². The van der Waals surface area contributed by atoms with Gasteiger partial charge in [0.1, 0.15) is 12.4 Å². The largest absolute Gasteiger partial charge is 0.489 e. The number of aromatic nitrogens is 4. The lowest BCUT2D eigenvalue weighted by Crippen LogP contribution is -2.09. The molecule has 3 aromatic rings. The minimum Gasteiger partial charge on any atom is -0.489 e. The number of nitrogens with zero attached hydrogens (tertiary/aromatic N) is 4. The molecule has 6 nitrogen and oxygen atoms in total. The zero-order valence-electron chi connectivity index (χ0n) is 13.6.